The minimum absolute atomic E-state index is 0.207. The molecule has 0 fully saturated rings. The maximum absolute atomic E-state index is 14.7. The monoisotopic (exact) mass is 531 g/mol. The third kappa shape index (κ3) is 5.21. The maximum Gasteiger partial charge on any atom is 0.319 e. The lowest BCUT2D eigenvalue weighted by Gasteiger charge is -2.29. The minimum Gasteiger partial charge on any atom is -0.361 e. The summed E-state index contributed by atoms with van der Waals surface area (Å²) in [7, 11) is 0. The number of H-pyrrole nitrogens is 1. The number of aromatic nitrogens is 3. The fourth-order valence-electron chi connectivity index (χ4n) is 4.62. The van der Waals surface area contributed by atoms with Crippen molar-refractivity contribution in [3.63, 3.8) is 0 Å². The third-order valence-corrected chi connectivity index (χ3v) is 6.62. The molecule has 0 saturated heterocycles. The number of rotatable bonds is 7. The summed E-state index contributed by atoms with van der Waals surface area (Å²) in [5, 5.41) is 22.4. The van der Waals surface area contributed by atoms with E-state index in [9.17, 15) is 18.8 Å². The van der Waals surface area contributed by atoms with Gasteiger partial charge in [0, 0.05) is 28.9 Å². The normalized spacial score (nSPS) is 15.2. The van der Waals surface area contributed by atoms with Crippen LogP contribution in [0.15, 0.2) is 58.4 Å². The zero-order chi connectivity index (χ0) is 27.7. The van der Waals surface area contributed by atoms with Gasteiger partial charge in [0.2, 0.25) is 0 Å². The Morgan fingerprint density at radius 2 is 1.92 bits per heavy atom. The van der Waals surface area contributed by atoms with Gasteiger partial charge in [-0.15, -0.1) is 0 Å². The fraction of sp³-hybridized carbons (Fsp3) is 0.222. The first-order chi connectivity index (χ1) is 18.7. The van der Waals surface area contributed by atoms with Gasteiger partial charge in [-0.3, -0.25) is 14.7 Å². The maximum atomic E-state index is 14.7. The predicted molar refractivity (Wildman–Crippen MR) is 140 cm³/mol. The zero-order valence-electron chi connectivity index (χ0n) is 21.4. The number of fused-ring (bicyclic) bond motifs is 1. The molecule has 0 spiro atoms. The molecule has 1 aliphatic rings. The largest absolute Gasteiger partial charge is 0.361 e. The standard InChI is InChI=1S/C27H26FN7O4/c1-13-19(15(3)39-35-13)8-9-29-25(36)20-11-16(4-6-21(20)28)24-23(14(2)31-27(38)33-24)26(37)32-18-5-7-22-17(10-18)12-30-34-22/h4-7,10-12,24H,8-9H2,1-3H3,(H,29,36)(H,30,34)(H,32,37)(H2,31,33,38). The molecule has 5 rings (SSSR count). The Labute approximate surface area is 222 Å². The number of carbonyl (C=O) groups excluding carboxylic acids is 3. The quantitative estimate of drug-likeness (QED) is 0.246. The second-order valence-electron chi connectivity index (χ2n) is 9.24. The number of aryl methyl sites for hydroxylation is 2. The molecule has 0 radical (unpaired) electrons. The van der Waals surface area contributed by atoms with Crippen molar-refractivity contribution in [2.45, 2.75) is 33.2 Å². The number of benzene rings is 2. The smallest absolute Gasteiger partial charge is 0.319 e. The van der Waals surface area contributed by atoms with Crippen molar-refractivity contribution in [3.05, 3.63) is 87.8 Å². The minimum atomic E-state index is -0.925. The van der Waals surface area contributed by atoms with E-state index in [4.69, 9.17) is 4.52 Å². The summed E-state index contributed by atoms with van der Waals surface area (Å²) in [6, 6.07) is 7.74. The van der Waals surface area contributed by atoms with Crippen LogP contribution in [0.3, 0.4) is 0 Å². The highest BCUT2D eigenvalue weighted by Crippen LogP contribution is 2.29. The number of halogens is 1. The Balaban J connectivity index is 1.37. The number of nitrogens with zero attached hydrogens (tertiary/aromatic N) is 2. The van der Waals surface area contributed by atoms with Crippen molar-refractivity contribution in [2.75, 3.05) is 11.9 Å². The molecular formula is C27H26FN7O4. The third-order valence-electron chi connectivity index (χ3n) is 6.62. The van der Waals surface area contributed by atoms with E-state index >= 15 is 0 Å². The molecule has 11 nitrogen and oxygen atoms in total. The van der Waals surface area contributed by atoms with E-state index in [0.717, 1.165) is 28.2 Å². The molecule has 1 unspecified atom stereocenters. The fourth-order valence-corrected chi connectivity index (χ4v) is 4.62. The number of hydrogen-bond donors (Lipinski definition) is 5. The van der Waals surface area contributed by atoms with Gasteiger partial charge in [-0.2, -0.15) is 5.10 Å². The lowest BCUT2D eigenvalue weighted by molar-refractivity contribution is -0.113. The van der Waals surface area contributed by atoms with Crippen LogP contribution in [0.5, 0.6) is 0 Å². The Kier molecular flexibility index (Phi) is 6.84. The molecule has 12 heteroatoms. The molecule has 1 atom stereocenters. The number of amides is 4. The number of anilines is 1. The van der Waals surface area contributed by atoms with Crippen LogP contribution in [0.25, 0.3) is 10.9 Å². The first-order valence-corrected chi connectivity index (χ1v) is 12.2. The average Bonchev–Trinajstić information content (AvgIpc) is 3.49. The van der Waals surface area contributed by atoms with Gasteiger partial charge in [-0.25, -0.2) is 9.18 Å². The molecule has 1 aliphatic heterocycles. The first kappa shape index (κ1) is 25.6. The number of carbonyl (C=O) groups is 3. The van der Waals surface area contributed by atoms with E-state index in [1.54, 1.807) is 38.2 Å². The molecule has 0 saturated carbocycles. The Bertz CT molecular complexity index is 1620. The lowest BCUT2D eigenvalue weighted by atomic mass is 9.93. The summed E-state index contributed by atoms with van der Waals surface area (Å²) in [6.45, 7) is 5.44. The van der Waals surface area contributed by atoms with Gasteiger partial charge in [0.1, 0.15) is 11.6 Å². The molecule has 2 aromatic carbocycles. The molecular weight excluding hydrogens is 505 g/mol. The van der Waals surface area contributed by atoms with Gasteiger partial charge in [0.25, 0.3) is 11.8 Å². The molecule has 4 amide bonds. The summed E-state index contributed by atoms with van der Waals surface area (Å²) in [5.74, 6) is -1.16. The van der Waals surface area contributed by atoms with E-state index in [2.05, 4.69) is 36.6 Å². The van der Waals surface area contributed by atoms with E-state index < -0.39 is 29.7 Å². The van der Waals surface area contributed by atoms with Crippen LogP contribution in [0.1, 0.15) is 45.9 Å². The molecule has 3 heterocycles. The lowest BCUT2D eigenvalue weighted by Crippen LogP contribution is -2.46. The van der Waals surface area contributed by atoms with Crippen molar-refractivity contribution < 1.29 is 23.3 Å². The summed E-state index contributed by atoms with van der Waals surface area (Å²) in [6.07, 6.45) is 2.11. The number of aromatic amines is 1. The van der Waals surface area contributed by atoms with Crippen molar-refractivity contribution in [3.8, 4) is 0 Å². The molecule has 0 bridgehead atoms. The number of nitrogens with one attached hydrogen (secondary N) is 5. The molecule has 5 N–H and O–H groups in total. The molecule has 39 heavy (non-hydrogen) atoms. The predicted octanol–water partition coefficient (Wildman–Crippen LogP) is 3.55. The first-order valence-electron chi connectivity index (χ1n) is 12.2. The Morgan fingerprint density at radius 1 is 1.10 bits per heavy atom. The van der Waals surface area contributed by atoms with Crippen LogP contribution < -0.4 is 21.3 Å². The van der Waals surface area contributed by atoms with Crippen molar-refractivity contribution >= 4 is 34.4 Å². The van der Waals surface area contributed by atoms with E-state index in [1.807, 2.05) is 6.92 Å². The van der Waals surface area contributed by atoms with Gasteiger partial charge >= 0.3 is 6.03 Å². The zero-order valence-corrected chi connectivity index (χ0v) is 21.4. The van der Waals surface area contributed by atoms with Crippen LogP contribution in [0.2, 0.25) is 0 Å². The highest BCUT2D eigenvalue weighted by molar-refractivity contribution is 6.07. The second kappa shape index (κ2) is 10.4. The van der Waals surface area contributed by atoms with Gasteiger partial charge in [-0.05, 0) is 63.1 Å². The highest BCUT2D eigenvalue weighted by Gasteiger charge is 2.32. The molecule has 2 aromatic heterocycles. The van der Waals surface area contributed by atoms with Gasteiger partial charge < -0.3 is 25.8 Å². The SMILES string of the molecule is CC1=C(C(=O)Nc2ccc3[nH]ncc3c2)C(c2ccc(F)c(C(=O)NCCc3c(C)noc3C)c2)NC(=O)N1. The van der Waals surface area contributed by atoms with Crippen molar-refractivity contribution in [1.82, 2.24) is 31.3 Å². The topological polar surface area (TPSA) is 154 Å². The van der Waals surface area contributed by atoms with Crippen LogP contribution in [0, 0.1) is 19.7 Å². The van der Waals surface area contributed by atoms with Crippen LogP contribution in [-0.4, -0.2) is 39.7 Å². The Morgan fingerprint density at radius 3 is 2.69 bits per heavy atom. The van der Waals surface area contributed by atoms with E-state index in [-0.39, 0.29) is 17.7 Å². The van der Waals surface area contributed by atoms with E-state index in [0.29, 0.717) is 29.1 Å². The second-order valence-corrected chi connectivity index (χ2v) is 9.24. The number of allylic oxidation sites excluding steroid dienone is 1. The summed E-state index contributed by atoms with van der Waals surface area (Å²) >= 11 is 0. The summed E-state index contributed by atoms with van der Waals surface area (Å²) in [5.41, 5.74) is 3.68. The van der Waals surface area contributed by atoms with Crippen LogP contribution >= 0.6 is 0 Å². The molecule has 200 valence electrons. The van der Waals surface area contributed by atoms with Crippen LogP contribution in [0.4, 0.5) is 14.9 Å². The van der Waals surface area contributed by atoms with Gasteiger partial charge in [-0.1, -0.05) is 11.2 Å². The molecule has 0 aliphatic carbocycles. The van der Waals surface area contributed by atoms with Crippen LogP contribution in [-0.2, 0) is 11.2 Å². The highest BCUT2D eigenvalue weighted by atomic mass is 19.1. The van der Waals surface area contributed by atoms with Gasteiger partial charge in [0.05, 0.1) is 34.6 Å². The number of urea groups is 1. The van der Waals surface area contributed by atoms with Gasteiger partial charge in [0.15, 0.2) is 0 Å². The van der Waals surface area contributed by atoms with Crippen molar-refractivity contribution in [1.29, 1.82) is 0 Å². The Hall–Kier alpha value is -5.00. The van der Waals surface area contributed by atoms with Crippen molar-refractivity contribution in [2.24, 2.45) is 0 Å². The summed E-state index contributed by atoms with van der Waals surface area (Å²) < 4.78 is 19.9. The van der Waals surface area contributed by atoms with E-state index in [1.165, 1.54) is 12.1 Å². The average molecular weight is 532 g/mol. The molecule has 4 aromatic rings. The number of hydrogen-bond acceptors (Lipinski definition) is 6. The summed E-state index contributed by atoms with van der Waals surface area (Å²) in [4.78, 5) is 38.6.